The Bertz CT molecular complexity index is 1140. The van der Waals surface area contributed by atoms with Crippen LogP contribution in [0.1, 0.15) is 24.8 Å². The summed E-state index contributed by atoms with van der Waals surface area (Å²) in [5.74, 6) is -5.94. The number of rotatable bonds is 7. The summed E-state index contributed by atoms with van der Waals surface area (Å²) >= 11 is 0. The van der Waals surface area contributed by atoms with Gasteiger partial charge in [0, 0.05) is 43.7 Å². The molecule has 1 aliphatic rings. The molecule has 3 N–H and O–H groups in total. The van der Waals surface area contributed by atoms with Crippen molar-refractivity contribution in [3.63, 3.8) is 0 Å². The average Bonchev–Trinajstić information content (AvgIpc) is 2.71. The zero-order chi connectivity index (χ0) is 24.3. The van der Waals surface area contributed by atoms with Gasteiger partial charge in [-0.2, -0.15) is 0 Å². The van der Waals surface area contributed by atoms with Crippen molar-refractivity contribution in [2.75, 3.05) is 13.1 Å². The summed E-state index contributed by atoms with van der Waals surface area (Å²) in [6, 6.07) is 1.88. The van der Waals surface area contributed by atoms with Gasteiger partial charge in [0.05, 0.1) is 0 Å². The highest BCUT2D eigenvalue weighted by molar-refractivity contribution is 7.89. The molecule has 1 fully saturated rings. The predicted molar refractivity (Wildman–Crippen MR) is 109 cm³/mol. The summed E-state index contributed by atoms with van der Waals surface area (Å²) in [4.78, 5) is 13.3. The van der Waals surface area contributed by atoms with Crippen molar-refractivity contribution in [2.45, 2.75) is 42.7 Å². The first kappa shape index (κ1) is 25.1. The molecule has 180 valence electrons. The third-order valence-corrected chi connectivity index (χ3v) is 6.91. The maximum Gasteiger partial charge on any atom is 0.243 e. The third-order valence-electron chi connectivity index (χ3n) is 5.36. The quantitative estimate of drug-likeness (QED) is 0.460. The Kier molecular flexibility index (Phi) is 7.70. The van der Waals surface area contributed by atoms with Crippen LogP contribution < -0.4 is 10.5 Å². The van der Waals surface area contributed by atoms with Gasteiger partial charge in [-0.05, 0) is 43.0 Å². The normalized spacial score (nSPS) is 16.1. The molecule has 1 aliphatic heterocycles. The van der Waals surface area contributed by atoms with Gasteiger partial charge in [0.25, 0.3) is 0 Å². The van der Waals surface area contributed by atoms with Gasteiger partial charge in [-0.15, -0.1) is 0 Å². The summed E-state index contributed by atoms with van der Waals surface area (Å²) in [5, 5.41) is 0. The minimum atomic E-state index is -4.22. The smallest absolute Gasteiger partial charge is 0.243 e. The number of benzene rings is 2. The Morgan fingerprint density at radius 2 is 1.64 bits per heavy atom. The zero-order valence-corrected chi connectivity index (χ0v) is 18.1. The minimum absolute atomic E-state index is 0.143. The van der Waals surface area contributed by atoms with Crippen LogP contribution in [0, 0.1) is 29.1 Å². The lowest BCUT2D eigenvalue weighted by atomic mass is 10.0. The van der Waals surface area contributed by atoms with Crippen LogP contribution in [-0.4, -0.2) is 44.4 Å². The van der Waals surface area contributed by atoms with Crippen molar-refractivity contribution in [3.05, 3.63) is 65.0 Å². The van der Waals surface area contributed by atoms with E-state index in [0.717, 1.165) is 12.1 Å². The highest BCUT2D eigenvalue weighted by Crippen LogP contribution is 2.20. The van der Waals surface area contributed by atoms with Gasteiger partial charge in [-0.25, -0.2) is 35.1 Å². The van der Waals surface area contributed by atoms with Gasteiger partial charge >= 0.3 is 0 Å². The van der Waals surface area contributed by atoms with Gasteiger partial charge in [0.1, 0.15) is 22.3 Å². The molecule has 3 rings (SSSR count). The van der Waals surface area contributed by atoms with Gasteiger partial charge in [0.2, 0.25) is 15.9 Å². The number of sulfonamides is 1. The predicted octanol–water partition coefficient (Wildman–Crippen LogP) is 2.61. The topological polar surface area (TPSA) is 92.5 Å². The van der Waals surface area contributed by atoms with E-state index in [9.17, 15) is 35.2 Å². The summed E-state index contributed by atoms with van der Waals surface area (Å²) in [5.41, 5.74) is 5.74. The number of piperidine rings is 1. The van der Waals surface area contributed by atoms with E-state index in [1.807, 2.05) is 0 Å². The van der Waals surface area contributed by atoms with E-state index < -0.39 is 56.1 Å². The van der Waals surface area contributed by atoms with Crippen molar-refractivity contribution >= 4 is 15.9 Å². The SMILES string of the molecule is N[C@@H](CC(=O)N1CCC(NS(=O)(=O)c2ccc(F)cc2F)CC1)Cc1cc(F)c(F)cc1F. The summed E-state index contributed by atoms with van der Waals surface area (Å²) < 4.78 is 94.1. The number of carbonyl (C=O) groups is 1. The number of nitrogens with one attached hydrogen (secondary N) is 1. The van der Waals surface area contributed by atoms with Gasteiger partial charge in [0.15, 0.2) is 11.6 Å². The molecule has 2 aromatic rings. The van der Waals surface area contributed by atoms with E-state index in [-0.39, 0.29) is 50.2 Å². The fraction of sp³-hybridized carbons (Fsp3) is 0.381. The number of halogens is 5. The molecule has 0 bridgehead atoms. The van der Waals surface area contributed by atoms with Crippen molar-refractivity contribution < 1.29 is 35.2 Å². The molecule has 0 radical (unpaired) electrons. The monoisotopic (exact) mass is 491 g/mol. The van der Waals surface area contributed by atoms with Crippen LogP contribution in [0.25, 0.3) is 0 Å². The maximum atomic E-state index is 13.8. The van der Waals surface area contributed by atoms with E-state index in [0.29, 0.717) is 18.2 Å². The summed E-state index contributed by atoms with van der Waals surface area (Å²) in [6.07, 6.45) is 0.158. The first-order chi connectivity index (χ1) is 15.5. The van der Waals surface area contributed by atoms with E-state index in [1.54, 1.807) is 0 Å². The van der Waals surface area contributed by atoms with Crippen molar-refractivity contribution in [3.8, 4) is 0 Å². The number of nitrogens with zero attached hydrogens (tertiary/aromatic N) is 1. The Morgan fingerprint density at radius 3 is 2.27 bits per heavy atom. The van der Waals surface area contributed by atoms with E-state index in [2.05, 4.69) is 4.72 Å². The third kappa shape index (κ3) is 6.27. The fourth-order valence-electron chi connectivity index (χ4n) is 3.65. The molecule has 0 unspecified atom stereocenters. The molecule has 1 saturated heterocycles. The van der Waals surface area contributed by atoms with E-state index in [1.165, 1.54) is 4.90 Å². The Hall–Kier alpha value is -2.57. The number of hydrogen-bond acceptors (Lipinski definition) is 4. The van der Waals surface area contributed by atoms with E-state index >= 15 is 0 Å². The second-order valence-corrected chi connectivity index (χ2v) is 9.56. The Labute approximate surface area is 187 Å². The number of hydrogen-bond donors (Lipinski definition) is 2. The molecule has 0 saturated carbocycles. The molecular weight excluding hydrogens is 469 g/mol. The zero-order valence-electron chi connectivity index (χ0n) is 17.3. The lowest BCUT2D eigenvalue weighted by molar-refractivity contribution is -0.132. The maximum absolute atomic E-state index is 13.8. The lowest BCUT2D eigenvalue weighted by Crippen LogP contribution is -2.47. The van der Waals surface area contributed by atoms with Crippen LogP contribution in [0.5, 0.6) is 0 Å². The van der Waals surface area contributed by atoms with Crippen LogP contribution in [0.4, 0.5) is 22.0 Å². The molecule has 0 aromatic heterocycles. The molecule has 33 heavy (non-hydrogen) atoms. The molecular formula is C21H22F5N3O3S. The van der Waals surface area contributed by atoms with Crippen LogP contribution >= 0.6 is 0 Å². The fourth-order valence-corrected chi connectivity index (χ4v) is 5.02. The van der Waals surface area contributed by atoms with Gasteiger partial charge in [-0.3, -0.25) is 4.79 Å². The summed E-state index contributed by atoms with van der Waals surface area (Å²) in [6.45, 7) is 0.397. The van der Waals surface area contributed by atoms with Gasteiger partial charge in [-0.1, -0.05) is 0 Å². The molecule has 12 heteroatoms. The largest absolute Gasteiger partial charge is 0.343 e. The van der Waals surface area contributed by atoms with Crippen molar-refractivity contribution in [2.24, 2.45) is 5.73 Å². The van der Waals surface area contributed by atoms with Crippen molar-refractivity contribution in [1.29, 1.82) is 0 Å². The van der Waals surface area contributed by atoms with Crippen LogP contribution in [0.15, 0.2) is 35.2 Å². The second-order valence-electron chi connectivity index (χ2n) is 7.88. The number of carbonyl (C=O) groups excluding carboxylic acids is 1. The highest BCUT2D eigenvalue weighted by atomic mass is 32.2. The molecule has 0 spiro atoms. The molecule has 0 aliphatic carbocycles. The van der Waals surface area contributed by atoms with Crippen LogP contribution in [-0.2, 0) is 21.2 Å². The Morgan fingerprint density at radius 1 is 1.00 bits per heavy atom. The number of likely N-dealkylation sites (tertiary alicyclic amines) is 1. The minimum Gasteiger partial charge on any atom is -0.343 e. The molecule has 2 aromatic carbocycles. The highest BCUT2D eigenvalue weighted by Gasteiger charge is 2.29. The molecule has 6 nitrogen and oxygen atoms in total. The van der Waals surface area contributed by atoms with Crippen molar-refractivity contribution in [1.82, 2.24) is 9.62 Å². The average molecular weight is 491 g/mol. The molecule has 1 heterocycles. The molecule has 1 atom stereocenters. The lowest BCUT2D eigenvalue weighted by Gasteiger charge is -2.33. The van der Waals surface area contributed by atoms with Crippen LogP contribution in [0.3, 0.4) is 0 Å². The van der Waals surface area contributed by atoms with Crippen LogP contribution in [0.2, 0.25) is 0 Å². The number of amides is 1. The van der Waals surface area contributed by atoms with E-state index in [4.69, 9.17) is 5.73 Å². The number of nitrogens with two attached hydrogens (primary N) is 1. The first-order valence-electron chi connectivity index (χ1n) is 10.1. The molecule has 1 amide bonds. The summed E-state index contributed by atoms with van der Waals surface area (Å²) in [7, 11) is -4.22. The van der Waals surface area contributed by atoms with Gasteiger partial charge < -0.3 is 10.6 Å². The second kappa shape index (κ2) is 10.1. The first-order valence-corrected chi connectivity index (χ1v) is 11.6. The standard InChI is InChI=1S/C21H22F5N3O3S/c22-13-1-2-20(19(26)9-13)33(31,32)28-15-3-5-29(6-4-15)21(30)10-14(27)7-12-8-17(24)18(25)11-16(12)23/h1-2,8-9,11,14-15,28H,3-7,10,27H2/t14-/m1/s1. The Balaban J connectivity index is 1.52.